The first-order valence-electron chi connectivity index (χ1n) is 7.34. The highest BCUT2D eigenvalue weighted by Gasteiger charge is 2.39. The highest BCUT2D eigenvalue weighted by Crippen LogP contribution is 2.29. The third kappa shape index (κ3) is 2.87. The Morgan fingerprint density at radius 2 is 2.35 bits per heavy atom. The fourth-order valence-corrected chi connectivity index (χ4v) is 2.72. The van der Waals surface area contributed by atoms with Crippen molar-refractivity contribution in [2.75, 3.05) is 6.54 Å². The fourth-order valence-electron chi connectivity index (χ4n) is 2.72. The second kappa shape index (κ2) is 5.56. The number of carbonyl (C=O) groups excluding carboxylic acids is 1. The molecule has 0 bridgehead atoms. The lowest BCUT2D eigenvalue weighted by Gasteiger charge is -2.33. The second-order valence-electron chi connectivity index (χ2n) is 6.24. The summed E-state index contributed by atoms with van der Waals surface area (Å²) in [5, 5.41) is 14.2. The van der Waals surface area contributed by atoms with Crippen molar-refractivity contribution < 1.29 is 14.4 Å². The Morgan fingerprint density at radius 1 is 1.65 bits per heavy atom. The number of nitrogens with zero attached hydrogens (tertiary/aromatic N) is 2. The molecule has 1 saturated heterocycles. The van der Waals surface area contributed by atoms with Crippen LogP contribution in [0.2, 0.25) is 0 Å². The molecule has 5 nitrogen and oxygen atoms in total. The van der Waals surface area contributed by atoms with Crippen LogP contribution in [0, 0.1) is 0 Å². The summed E-state index contributed by atoms with van der Waals surface area (Å²) in [4.78, 5) is 14.2. The molecule has 1 amide bonds. The van der Waals surface area contributed by atoms with E-state index in [0.29, 0.717) is 6.54 Å². The SMILES string of the molecule is CCC(C)c1cc(C(=O)N2CCCC2C(C)(C)O)on1. The highest BCUT2D eigenvalue weighted by molar-refractivity contribution is 5.92. The summed E-state index contributed by atoms with van der Waals surface area (Å²) in [5.41, 5.74) is -0.0824. The zero-order valence-corrected chi connectivity index (χ0v) is 12.7. The molecular formula is C15H24N2O3. The van der Waals surface area contributed by atoms with Gasteiger partial charge in [-0.15, -0.1) is 0 Å². The predicted molar refractivity (Wildman–Crippen MR) is 75.6 cm³/mol. The molecule has 112 valence electrons. The van der Waals surface area contributed by atoms with Crippen LogP contribution in [0.5, 0.6) is 0 Å². The van der Waals surface area contributed by atoms with Crippen LogP contribution in [-0.2, 0) is 0 Å². The van der Waals surface area contributed by atoms with Gasteiger partial charge in [-0.05, 0) is 33.1 Å². The standard InChI is InChI=1S/C15H24N2O3/c1-5-10(2)11-9-12(20-16-11)14(18)17-8-6-7-13(17)15(3,4)19/h9-10,13,19H,5-8H2,1-4H3. The Morgan fingerprint density at radius 3 is 2.95 bits per heavy atom. The lowest BCUT2D eigenvalue weighted by atomic mass is 9.96. The van der Waals surface area contributed by atoms with Crippen LogP contribution in [0.3, 0.4) is 0 Å². The van der Waals surface area contributed by atoms with E-state index in [1.165, 1.54) is 0 Å². The molecule has 1 aromatic heterocycles. The largest absolute Gasteiger partial charge is 0.388 e. The second-order valence-corrected chi connectivity index (χ2v) is 6.24. The predicted octanol–water partition coefficient (Wildman–Crippen LogP) is 2.56. The number of carbonyl (C=O) groups is 1. The molecule has 2 unspecified atom stereocenters. The maximum absolute atomic E-state index is 12.5. The molecule has 0 radical (unpaired) electrons. The van der Waals surface area contributed by atoms with Gasteiger partial charge in [0.1, 0.15) is 0 Å². The van der Waals surface area contributed by atoms with E-state index in [4.69, 9.17) is 4.52 Å². The van der Waals surface area contributed by atoms with Crippen molar-refractivity contribution >= 4 is 5.91 Å². The van der Waals surface area contributed by atoms with Gasteiger partial charge in [-0.25, -0.2) is 0 Å². The van der Waals surface area contributed by atoms with Crippen molar-refractivity contribution in [2.45, 2.75) is 64.5 Å². The van der Waals surface area contributed by atoms with Crippen LogP contribution >= 0.6 is 0 Å². The molecule has 20 heavy (non-hydrogen) atoms. The summed E-state index contributed by atoms with van der Waals surface area (Å²) in [6.07, 6.45) is 2.69. The van der Waals surface area contributed by atoms with Crippen molar-refractivity contribution in [3.05, 3.63) is 17.5 Å². The first kappa shape index (κ1) is 15.0. The molecule has 2 heterocycles. The van der Waals surface area contributed by atoms with E-state index in [-0.39, 0.29) is 23.6 Å². The number of amides is 1. The number of hydrogen-bond acceptors (Lipinski definition) is 4. The van der Waals surface area contributed by atoms with Gasteiger partial charge in [0.05, 0.1) is 17.3 Å². The van der Waals surface area contributed by atoms with E-state index in [1.807, 2.05) is 0 Å². The zero-order valence-electron chi connectivity index (χ0n) is 12.7. The van der Waals surface area contributed by atoms with Gasteiger partial charge in [-0.2, -0.15) is 0 Å². The van der Waals surface area contributed by atoms with E-state index in [9.17, 15) is 9.90 Å². The van der Waals surface area contributed by atoms with E-state index >= 15 is 0 Å². The first-order valence-corrected chi connectivity index (χ1v) is 7.34. The van der Waals surface area contributed by atoms with Crippen LogP contribution in [0.1, 0.15) is 69.1 Å². The Hall–Kier alpha value is -1.36. The summed E-state index contributed by atoms with van der Waals surface area (Å²) < 4.78 is 5.20. The average Bonchev–Trinajstić information content (AvgIpc) is 3.04. The lowest BCUT2D eigenvalue weighted by Crippen LogP contribution is -2.48. The molecule has 2 rings (SSSR count). The molecular weight excluding hydrogens is 256 g/mol. The number of likely N-dealkylation sites (tertiary alicyclic amines) is 1. The topological polar surface area (TPSA) is 66.6 Å². The van der Waals surface area contributed by atoms with Gasteiger partial charge in [-0.1, -0.05) is 19.0 Å². The normalized spacial score (nSPS) is 21.2. The summed E-state index contributed by atoms with van der Waals surface area (Å²) in [6, 6.07) is 1.57. The van der Waals surface area contributed by atoms with Gasteiger partial charge in [0, 0.05) is 18.5 Å². The summed E-state index contributed by atoms with van der Waals surface area (Å²) >= 11 is 0. The molecule has 1 fully saturated rings. The smallest absolute Gasteiger partial charge is 0.292 e. The van der Waals surface area contributed by atoms with E-state index < -0.39 is 5.60 Å². The monoisotopic (exact) mass is 280 g/mol. The highest BCUT2D eigenvalue weighted by atomic mass is 16.5. The van der Waals surface area contributed by atoms with E-state index in [2.05, 4.69) is 19.0 Å². The van der Waals surface area contributed by atoms with Crippen molar-refractivity contribution in [3.8, 4) is 0 Å². The van der Waals surface area contributed by atoms with Crippen LogP contribution in [0.15, 0.2) is 10.6 Å². The van der Waals surface area contributed by atoms with Crippen molar-refractivity contribution in [3.63, 3.8) is 0 Å². The van der Waals surface area contributed by atoms with Crippen LogP contribution < -0.4 is 0 Å². The minimum absolute atomic E-state index is 0.160. The molecule has 1 aromatic rings. The summed E-state index contributed by atoms with van der Waals surface area (Å²) in [7, 11) is 0. The van der Waals surface area contributed by atoms with Gasteiger partial charge < -0.3 is 14.5 Å². The summed E-state index contributed by atoms with van der Waals surface area (Å²) in [6.45, 7) is 8.28. The van der Waals surface area contributed by atoms with Gasteiger partial charge in [-0.3, -0.25) is 4.79 Å². The molecule has 0 spiro atoms. The average molecular weight is 280 g/mol. The third-order valence-electron chi connectivity index (χ3n) is 4.19. The molecule has 0 saturated carbocycles. The maximum Gasteiger partial charge on any atom is 0.292 e. The number of hydrogen-bond donors (Lipinski definition) is 1. The fraction of sp³-hybridized carbons (Fsp3) is 0.733. The Labute approximate surface area is 119 Å². The summed E-state index contributed by atoms with van der Waals surface area (Å²) in [5.74, 6) is 0.386. The minimum atomic E-state index is -0.897. The molecule has 1 aliphatic heterocycles. The molecule has 1 aliphatic rings. The molecule has 2 atom stereocenters. The third-order valence-corrected chi connectivity index (χ3v) is 4.19. The Bertz CT molecular complexity index is 476. The quantitative estimate of drug-likeness (QED) is 0.920. The van der Waals surface area contributed by atoms with Gasteiger partial charge in [0.2, 0.25) is 5.76 Å². The van der Waals surface area contributed by atoms with E-state index in [1.54, 1.807) is 24.8 Å². The molecule has 1 N–H and O–H groups in total. The molecule has 0 aliphatic carbocycles. The number of aliphatic hydroxyl groups is 1. The maximum atomic E-state index is 12.5. The molecule has 0 aromatic carbocycles. The van der Waals surface area contributed by atoms with Gasteiger partial charge in [0.15, 0.2) is 0 Å². The Kier molecular flexibility index (Phi) is 4.18. The minimum Gasteiger partial charge on any atom is -0.388 e. The van der Waals surface area contributed by atoms with Crippen molar-refractivity contribution in [2.24, 2.45) is 0 Å². The lowest BCUT2D eigenvalue weighted by molar-refractivity contribution is -0.00105. The zero-order chi connectivity index (χ0) is 14.9. The number of rotatable bonds is 4. The van der Waals surface area contributed by atoms with Gasteiger partial charge >= 0.3 is 0 Å². The van der Waals surface area contributed by atoms with Crippen molar-refractivity contribution in [1.29, 1.82) is 0 Å². The van der Waals surface area contributed by atoms with Crippen molar-refractivity contribution in [1.82, 2.24) is 10.1 Å². The first-order chi connectivity index (χ1) is 9.34. The van der Waals surface area contributed by atoms with E-state index in [0.717, 1.165) is 25.0 Å². The Balaban J connectivity index is 2.17. The van der Waals surface area contributed by atoms with Crippen LogP contribution in [0.25, 0.3) is 0 Å². The van der Waals surface area contributed by atoms with Gasteiger partial charge in [0.25, 0.3) is 5.91 Å². The number of aromatic nitrogens is 1. The molecule has 5 heteroatoms. The van der Waals surface area contributed by atoms with Crippen LogP contribution in [-0.4, -0.2) is 39.3 Å². The van der Waals surface area contributed by atoms with Crippen LogP contribution in [0.4, 0.5) is 0 Å².